The van der Waals surface area contributed by atoms with Gasteiger partial charge in [-0.25, -0.2) is 30.2 Å². The summed E-state index contributed by atoms with van der Waals surface area (Å²) < 4.78 is 75.3. The number of carboxylic acid groups (broad SMARTS) is 1. The molecule has 0 radical (unpaired) electrons. The lowest BCUT2D eigenvalue weighted by molar-refractivity contribution is -0.136. The maximum Gasteiger partial charge on any atom is 0.303 e. The summed E-state index contributed by atoms with van der Waals surface area (Å²) in [7, 11) is -8.13. The molecular formula is C35H29FN2O7S3. The Labute approximate surface area is 280 Å². The Kier molecular flexibility index (Phi) is 9.19. The molecule has 0 spiro atoms. The van der Waals surface area contributed by atoms with Crippen LogP contribution in [0.5, 0.6) is 11.5 Å². The van der Waals surface area contributed by atoms with Crippen LogP contribution in [-0.4, -0.2) is 43.1 Å². The Morgan fingerprint density at radius 2 is 1.65 bits per heavy atom. The third-order valence-corrected chi connectivity index (χ3v) is 11.2. The van der Waals surface area contributed by atoms with Crippen LogP contribution in [0.4, 0.5) is 4.39 Å². The van der Waals surface area contributed by atoms with Gasteiger partial charge in [-0.1, -0.05) is 66.7 Å². The summed E-state index contributed by atoms with van der Waals surface area (Å²) in [6, 6.07) is 25.2. The van der Waals surface area contributed by atoms with Crippen LogP contribution in [0.1, 0.15) is 28.8 Å². The van der Waals surface area contributed by atoms with E-state index in [1.165, 1.54) is 23.6 Å². The van der Waals surface area contributed by atoms with Gasteiger partial charge >= 0.3 is 5.97 Å². The number of aryl methyl sites for hydroxylation is 1. The first kappa shape index (κ1) is 33.1. The number of rotatable bonds is 12. The second-order valence-electron chi connectivity index (χ2n) is 11.2. The smallest absolute Gasteiger partial charge is 0.303 e. The van der Waals surface area contributed by atoms with E-state index in [4.69, 9.17) is 14.8 Å². The van der Waals surface area contributed by atoms with E-state index in [1.54, 1.807) is 54.6 Å². The number of hydrogen-bond donors (Lipinski definition) is 1. The van der Waals surface area contributed by atoms with Crippen LogP contribution in [0.3, 0.4) is 0 Å². The molecule has 0 bridgehead atoms. The molecule has 0 saturated carbocycles. The number of aliphatic carboxylic acids is 1. The van der Waals surface area contributed by atoms with E-state index >= 15 is 4.39 Å². The number of sulfone groups is 1. The molecule has 0 aliphatic carbocycles. The zero-order valence-corrected chi connectivity index (χ0v) is 28.0. The van der Waals surface area contributed by atoms with Gasteiger partial charge in [-0.3, -0.25) is 4.79 Å². The minimum atomic E-state index is -4.11. The predicted molar refractivity (Wildman–Crippen MR) is 182 cm³/mol. The highest BCUT2D eigenvalue weighted by atomic mass is 32.2. The first-order valence-electron chi connectivity index (χ1n) is 14.7. The lowest BCUT2D eigenvalue weighted by Crippen LogP contribution is -2.14. The van der Waals surface area contributed by atoms with Crippen molar-refractivity contribution < 1.29 is 35.9 Å². The average molecular weight is 705 g/mol. The fourth-order valence-electron chi connectivity index (χ4n) is 5.42. The molecule has 0 unspecified atom stereocenters. The van der Waals surface area contributed by atoms with Crippen LogP contribution >= 0.6 is 11.3 Å². The van der Waals surface area contributed by atoms with Gasteiger partial charge in [-0.05, 0) is 41.3 Å². The van der Waals surface area contributed by atoms with E-state index < -0.39 is 42.3 Å². The maximum atomic E-state index is 15.8. The molecule has 4 aromatic carbocycles. The Morgan fingerprint density at radius 3 is 2.40 bits per heavy atom. The topological polar surface area (TPSA) is 133 Å². The number of hydrogen-bond acceptors (Lipinski definition) is 8. The SMILES string of the molecule is CS(=O)(=O)c1c(Oc2cccc(-c3nc(Cc4cccc(CCC(=O)O)c4)cs3)c2)c(F)cc2c1ccn2S(=O)(=O)Cc1ccccc1. The Morgan fingerprint density at radius 1 is 0.917 bits per heavy atom. The molecule has 0 aliphatic rings. The standard InChI is InChI=1S/C35H29FN2O7S3/c1-47(41,42)34-29-15-16-38(48(43,44)22-24-7-3-2-4-8-24)31(29)20-30(36)33(34)45-28-12-6-11-26(19-28)35-37-27(21-46-35)18-25-10-5-9-23(17-25)13-14-32(39)40/h2-12,15-17,19-21H,13-14,18,22H2,1H3,(H,39,40). The third-order valence-electron chi connectivity index (χ3n) is 7.54. The number of thiazole rings is 1. The van der Waals surface area contributed by atoms with Crippen LogP contribution in [0.25, 0.3) is 21.5 Å². The van der Waals surface area contributed by atoms with Gasteiger partial charge in [0.1, 0.15) is 15.7 Å². The summed E-state index contributed by atoms with van der Waals surface area (Å²) in [6.45, 7) is 0. The van der Waals surface area contributed by atoms with Crippen LogP contribution in [0.15, 0.2) is 107 Å². The molecule has 13 heteroatoms. The van der Waals surface area contributed by atoms with Crippen molar-refractivity contribution in [2.45, 2.75) is 29.9 Å². The van der Waals surface area contributed by atoms with Gasteiger partial charge in [0, 0.05) is 47.7 Å². The summed E-state index contributed by atoms with van der Waals surface area (Å²) >= 11 is 1.40. The zero-order valence-electron chi connectivity index (χ0n) is 25.5. The summed E-state index contributed by atoms with van der Waals surface area (Å²) in [6.07, 6.45) is 3.16. The zero-order chi connectivity index (χ0) is 34.1. The van der Waals surface area contributed by atoms with Gasteiger partial charge in [0.15, 0.2) is 21.4 Å². The van der Waals surface area contributed by atoms with E-state index in [-0.39, 0.29) is 28.8 Å². The maximum absolute atomic E-state index is 15.8. The minimum absolute atomic E-state index is 0.0123. The lowest BCUT2D eigenvalue weighted by atomic mass is 10.0. The third kappa shape index (κ3) is 7.33. The first-order chi connectivity index (χ1) is 22.9. The first-order valence-corrected chi connectivity index (χ1v) is 19.1. The molecule has 246 valence electrons. The van der Waals surface area contributed by atoms with Crippen molar-refractivity contribution >= 4 is 48.1 Å². The van der Waals surface area contributed by atoms with E-state index in [2.05, 4.69) is 0 Å². The van der Waals surface area contributed by atoms with E-state index in [0.29, 0.717) is 29.0 Å². The lowest BCUT2D eigenvalue weighted by Gasteiger charge is -2.14. The van der Waals surface area contributed by atoms with Gasteiger partial charge in [-0.2, -0.15) is 0 Å². The van der Waals surface area contributed by atoms with Crippen LogP contribution in [0, 0.1) is 5.82 Å². The van der Waals surface area contributed by atoms with Crippen molar-refractivity contribution in [3.8, 4) is 22.1 Å². The van der Waals surface area contributed by atoms with Crippen LogP contribution < -0.4 is 4.74 Å². The Balaban J connectivity index is 1.28. The molecule has 9 nitrogen and oxygen atoms in total. The largest absolute Gasteiger partial charge is 0.481 e. The average Bonchev–Trinajstić information content (AvgIpc) is 3.68. The number of nitrogens with zero attached hydrogens (tertiary/aromatic N) is 2. The molecule has 0 amide bonds. The normalized spacial score (nSPS) is 12.0. The number of benzene rings is 4. The van der Waals surface area contributed by atoms with E-state index in [9.17, 15) is 21.6 Å². The number of halogens is 1. The van der Waals surface area contributed by atoms with Crippen molar-refractivity contribution in [1.82, 2.24) is 8.96 Å². The fraction of sp³-hybridized carbons (Fsp3) is 0.143. The molecule has 6 rings (SSSR count). The number of carboxylic acids is 1. The van der Waals surface area contributed by atoms with Crippen molar-refractivity contribution in [3.63, 3.8) is 0 Å². The number of aromatic nitrogens is 2. The molecule has 48 heavy (non-hydrogen) atoms. The second kappa shape index (κ2) is 13.3. The van der Waals surface area contributed by atoms with Crippen LogP contribution in [-0.2, 0) is 43.2 Å². The fourth-order valence-corrected chi connectivity index (χ4v) is 8.74. The van der Waals surface area contributed by atoms with Crippen molar-refractivity contribution in [1.29, 1.82) is 0 Å². The van der Waals surface area contributed by atoms with Gasteiger partial charge in [0.25, 0.3) is 0 Å². The number of fused-ring (bicyclic) bond motifs is 1. The van der Waals surface area contributed by atoms with Crippen molar-refractivity contribution in [2.75, 3.05) is 6.26 Å². The summed E-state index contributed by atoms with van der Waals surface area (Å²) in [4.78, 5) is 15.2. The highest BCUT2D eigenvalue weighted by Gasteiger charge is 2.28. The quantitative estimate of drug-likeness (QED) is 0.143. The van der Waals surface area contributed by atoms with Crippen molar-refractivity contribution in [3.05, 3.63) is 131 Å². The predicted octanol–water partition coefficient (Wildman–Crippen LogP) is 7.09. The molecule has 1 N–H and O–H groups in total. The van der Waals surface area contributed by atoms with Gasteiger partial charge in [0.2, 0.25) is 10.0 Å². The monoisotopic (exact) mass is 704 g/mol. The van der Waals surface area contributed by atoms with E-state index in [0.717, 1.165) is 33.1 Å². The second-order valence-corrected chi connectivity index (χ2v) is 15.9. The Bertz CT molecular complexity index is 2370. The number of ether oxygens (including phenoxy) is 1. The highest BCUT2D eigenvalue weighted by molar-refractivity contribution is 7.91. The molecule has 2 heterocycles. The molecule has 0 fully saturated rings. The van der Waals surface area contributed by atoms with E-state index in [1.807, 2.05) is 29.6 Å². The van der Waals surface area contributed by atoms with Gasteiger partial charge in [-0.15, -0.1) is 11.3 Å². The number of carbonyl (C=O) groups is 1. The summed E-state index contributed by atoms with van der Waals surface area (Å²) in [5.41, 5.74) is 3.80. The van der Waals surface area contributed by atoms with Crippen LogP contribution in [0.2, 0.25) is 0 Å². The molecule has 0 atom stereocenters. The minimum Gasteiger partial charge on any atom is -0.481 e. The van der Waals surface area contributed by atoms with Crippen molar-refractivity contribution in [2.24, 2.45) is 0 Å². The molecule has 2 aromatic heterocycles. The van der Waals surface area contributed by atoms with Gasteiger partial charge < -0.3 is 9.84 Å². The van der Waals surface area contributed by atoms with Gasteiger partial charge in [0.05, 0.1) is 17.0 Å². The summed E-state index contributed by atoms with van der Waals surface area (Å²) in [5.74, 6) is -2.63. The molecule has 6 aromatic rings. The molecule has 0 saturated heterocycles. The highest BCUT2D eigenvalue weighted by Crippen LogP contribution is 2.40. The molecular weight excluding hydrogens is 676 g/mol. The molecule has 0 aliphatic heterocycles. The summed E-state index contributed by atoms with van der Waals surface area (Å²) in [5, 5.41) is 11.6. The Hall–Kier alpha value is -4.85.